The van der Waals surface area contributed by atoms with E-state index in [0.29, 0.717) is 17.6 Å². The third-order valence-corrected chi connectivity index (χ3v) is 13.6. The van der Waals surface area contributed by atoms with Crippen molar-refractivity contribution in [2.24, 2.45) is 0 Å². The van der Waals surface area contributed by atoms with Gasteiger partial charge in [-0.2, -0.15) is 9.97 Å². The Labute approximate surface area is 376 Å². The minimum Gasteiger partial charge on any atom is -0.309 e. The number of para-hydroxylation sites is 3. The standard InChI is InChI=1S/C60H41N5/c1-60(2)51-25-12-9-22-45(51)46-31-28-43(37-52(46)60)58-61-57(62-59(63-58)65-54-27-14-11-24-48(54)50-35-40(29-33-56(50)65)38-16-5-3-6-17-38)42-19-15-18-39(34-42)41-30-32-55-49(36-41)47-23-10-13-26-53(47)64(55)44-20-7-4-8-21-44/h3-37H,1-2H3. The molecule has 1 aliphatic rings. The Bertz CT molecular complexity index is 3860. The third-order valence-electron chi connectivity index (χ3n) is 13.6. The number of fused-ring (bicyclic) bond motifs is 9. The van der Waals surface area contributed by atoms with Gasteiger partial charge in [0.25, 0.3) is 0 Å². The van der Waals surface area contributed by atoms with Crippen molar-refractivity contribution in [3.8, 4) is 67.8 Å². The summed E-state index contributed by atoms with van der Waals surface area (Å²) < 4.78 is 4.57. The maximum atomic E-state index is 5.39. The Morgan fingerprint density at radius 1 is 0.323 bits per heavy atom. The van der Waals surface area contributed by atoms with Gasteiger partial charge in [-0.1, -0.05) is 166 Å². The molecule has 0 fully saturated rings. The molecule has 13 rings (SSSR count). The molecule has 5 nitrogen and oxygen atoms in total. The Morgan fingerprint density at radius 3 is 1.54 bits per heavy atom. The molecular weight excluding hydrogens is 791 g/mol. The fourth-order valence-electron chi connectivity index (χ4n) is 10.4. The number of hydrogen-bond donors (Lipinski definition) is 0. The fourth-order valence-corrected chi connectivity index (χ4v) is 10.4. The van der Waals surface area contributed by atoms with Crippen molar-refractivity contribution < 1.29 is 0 Å². The van der Waals surface area contributed by atoms with Crippen LogP contribution in [0.3, 0.4) is 0 Å². The summed E-state index contributed by atoms with van der Waals surface area (Å²) in [5, 5.41) is 4.72. The summed E-state index contributed by atoms with van der Waals surface area (Å²) in [6.07, 6.45) is 0. The number of benzene rings is 9. The SMILES string of the molecule is CC1(C)c2ccccc2-c2ccc(-c3nc(-c4cccc(-c5ccc6c(c5)c5ccccc5n6-c5ccccc5)c4)nc(-n4c5ccccc5c5cc(-c6ccccc6)ccc54)n3)cc21. The Balaban J connectivity index is 1.00. The number of rotatable bonds is 6. The molecule has 9 aromatic carbocycles. The monoisotopic (exact) mass is 831 g/mol. The lowest BCUT2D eigenvalue weighted by molar-refractivity contribution is 0.660. The molecule has 0 atom stereocenters. The van der Waals surface area contributed by atoms with Gasteiger partial charge in [0.05, 0.1) is 22.1 Å². The zero-order valence-corrected chi connectivity index (χ0v) is 35.9. The van der Waals surface area contributed by atoms with Gasteiger partial charge < -0.3 is 4.57 Å². The van der Waals surface area contributed by atoms with Crippen LogP contribution in [0, 0.1) is 0 Å². The molecule has 0 amide bonds. The summed E-state index contributed by atoms with van der Waals surface area (Å²) >= 11 is 0. The highest BCUT2D eigenvalue weighted by Gasteiger charge is 2.35. The lowest BCUT2D eigenvalue weighted by Crippen LogP contribution is -2.15. The Kier molecular flexibility index (Phi) is 8.18. The first-order valence-corrected chi connectivity index (χ1v) is 22.3. The second kappa shape index (κ2) is 14.3. The first-order valence-electron chi connectivity index (χ1n) is 22.3. The molecule has 0 radical (unpaired) electrons. The van der Waals surface area contributed by atoms with Gasteiger partial charge in [-0.05, 0) is 105 Å². The largest absolute Gasteiger partial charge is 0.309 e. The van der Waals surface area contributed by atoms with E-state index in [4.69, 9.17) is 15.0 Å². The Morgan fingerprint density at radius 2 is 0.815 bits per heavy atom. The summed E-state index contributed by atoms with van der Waals surface area (Å²) in [5.74, 6) is 1.82. The average molecular weight is 832 g/mol. The van der Waals surface area contributed by atoms with E-state index in [-0.39, 0.29) is 5.41 Å². The smallest absolute Gasteiger partial charge is 0.238 e. The lowest BCUT2D eigenvalue weighted by Gasteiger charge is -2.21. The first kappa shape index (κ1) is 37.2. The minimum atomic E-state index is -0.174. The van der Waals surface area contributed by atoms with E-state index in [9.17, 15) is 0 Å². The predicted octanol–water partition coefficient (Wildman–Crippen LogP) is 15.0. The van der Waals surface area contributed by atoms with E-state index in [1.165, 1.54) is 55.2 Å². The summed E-state index contributed by atoms with van der Waals surface area (Å²) in [4.78, 5) is 16.1. The molecule has 12 aromatic rings. The van der Waals surface area contributed by atoms with E-state index >= 15 is 0 Å². The van der Waals surface area contributed by atoms with Gasteiger partial charge in [-0.15, -0.1) is 0 Å². The average Bonchev–Trinajstić information content (AvgIpc) is 3.96. The highest BCUT2D eigenvalue weighted by Crippen LogP contribution is 2.49. The van der Waals surface area contributed by atoms with Crippen LogP contribution >= 0.6 is 0 Å². The van der Waals surface area contributed by atoms with Crippen LogP contribution in [0.25, 0.3) is 111 Å². The molecule has 0 saturated heterocycles. The lowest BCUT2D eigenvalue weighted by atomic mass is 9.82. The topological polar surface area (TPSA) is 48.5 Å². The summed E-state index contributed by atoms with van der Waals surface area (Å²) in [6.45, 7) is 4.63. The maximum absolute atomic E-state index is 5.39. The minimum absolute atomic E-state index is 0.174. The van der Waals surface area contributed by atoms with Crippen molar-refractivity contribution in [2.45, 2.75) is 19.3 Å². The molecule has 65 heavy (non-hydrogen) atoms. The zero-order chi connectivity index (χ0) is 43.2. The van der Waals surface area contributed by atoms with Crippen LogP contribution in [-0.2, 0) is 5.41 Å². The van der Waals surface area contributed by atoms with Crippen molar-refractivity contribution in [1.82, 2.24) is 24.1 Å². The molecule has 0 N–H and O–H groups in total. The van der Waals surface area contributed by atoms with Crippen molar-refractivity contribution in [1.29, 1.82) is 0 Å². The van der Waals surface area contributed by atoms with Crippen LogP contribution in [0.2, 0.25) is 0 Å². The van der Waals surface area contributed by atoms with Crippen molar-refractivity contribution in [3.63, 3.8) is 0 Å². The summed E-state index contributed by atoms with van der Waals surface area (Å²) in [7, 11) is 0. The second-order valence-electron chi connectivity index (χ2n) is 17.7. The molecule has 0 spiro atoms. The van der Waals surface area contributed by atoms with Gasteiger partial charge in [0.2, 0.25) is 5.95 Å². The van der Waals surface area contributed by atoms with E-state index in [0.717, 1.165) is 49.7 Å². The first-order chi connectivity index (χ1) is 32.0. The number of aromatic nitrogens is 5. The van der Waals surface area contributed by atoms with Gasteiger partial charge in [-0.25, -0.2) is 4.98 Å². The van der Waals surface area contributed by atoms with Gasteiger partial charge >= 0.3 is 0 Å². The third kappa shape index (κ3) is 5.82. The van der Waals surface area contributed by atoms with Gasteiger partial charge in [0.15, 0.2) is 11.6 Å². The van der Waals surface area contributed by atoms with E-state index in [1.54, 1.807) is 0 Å². The van der Waals surface area contributed by atoms with Gasteiger partial charge in [-0.3, -0.25) is 4.57 Å². The predicted molar refractivity (Wildman–Crippen MR) is 268 cm³/mol. The maximum Gasteiger partial charge on any atom is 0.238 e. The molecular formula is C60H41N5. The summed E-state index contributed by atoms with van der Waals surface area (Å²) in [5.41, 5.74) is 17.0. The quantitative estimate of drug-likeness (QED) is 0.168. The van der Waals surface area contributed by atoms with Crippen molar-refractivity contribution in [2.75, 3.05) is 0 Å². The molecule has 0 unspecified atom stereocenters. The van der Waals surface area contributed by atoms with Crippen LogP contribution in [0.15, 0.2) is 212 Å². The highest BCUT2D eigenvalue weighted by atomic mass is 15.2. The highest BCUT2D eigenvalue weighted by molar-refractivity contribution is 6.11. The number of hydrogen-bond acceptors (Lipinski definition) is 3. The molecule has 5 heteroatoms. The number of nitrogens with zero attached hydrogens (tertiary/aromatic N) is 5. The molecule has 0 aliphatic heterocycles. The van der Waals surface area contributed by atoms with Crippen LogP contribution in [-0.4, -0.2) is 24.1 Å². The molecule has 3 heterocycles. The van der Waals surface area contributed by atoms with Crippen LogP contribution in [0.1, 0.15) is 25.0 Å². The van der Waals surface area contributed by atoms with Crippen LogP contribution in [0.4, 0.5) is 0 Å². The molecule has 3 aromatic heterocycles. The summed E-state index contributed by atoms with van der Waals surface area (Å²) in [6, 6.07) is 76.1. The van der Waals surface area contributed by atoms with Gasteiger partial charge in [0, 0.05) is 43.8 Å². The Hall–Kier alpha value is -8.41. The molecule has 0 bridgehead atoms. The zero-order valence-electron chi connectivity index (χ0n) is 35.9. The molecule has 0 saturated carbocycles. The molecule has 306 valence electrons. The van der Waals surface area contributed by atoms with E-state index in [1.807, 2.05) is 0 Å². The van der Waals surface area contributed by atoms with Crippen molar-refractivity contribution >= 4 is 43.6 Å². The second-order valence-corrected chi connectivity index (χ2v) is 17.7. The van der Waals surface area contributed by atoms with Crippen LogP contribution < -0.4 is 0 Å². The normalized spacial score (nSPS) is 12.9. The fraction of sp³-hybridized carbons (Fsp3) is 0.0500. The van der Waals surface area contributed by atoms with Crippen LogP contribution in [0.5, 0.6) is 0 Å². The van der Waals surface area contributed by atoms with E-state index in [2.05, 4.69) is 235 Å². The van der Waals surface area contributed by atoms with Crippen molar-refractivity contribution in [3.05, 3.63) is 223 Å². The van der Waals surface area contributed by atoms with Gasteiger partial charge in [0.1, 0.15) is 0 Å². The van der Waals surface area contributed by atoms with E-state index < -0.39 is 0 Å². The molecule has 1 aliphatic carbocycles.